The minimum absolute atomic E-state index is 0.194. The Morgan fingerprint density at radius 1 is 1.32 bits per heavy atom. The third-order valence-corrected chi connectivity index (χ3v) is 3.59. The zero-order valence-corrected chi connectivity index (χ0v) is 11.9. The normalized spacial score (nSPS) is 15.7. The zero-order valence-electron chi connectivity index (χ0n) is 11.9. The summed E-state index contributed by atoms with van der Waals surface area (Å²) in [5, 5.41) is 0. The van der Waals surface area contributed by atoms with Crippen molar-refractivity contribution < 1.29 is 9.53 Å². The lowest BCUT2D eigenvalue weighted by Crippen LogP contribution is -2.22. The third kappa shape index (κ3) is 3.80. The Balaban J connectivity index is 2.02. The van der Waals surface area contributed by atoms with E-state index in [0.717, 1.165) is 36.5 Å². The molecule has 1 aliphatic heterocycles. The van der Waals surface area contributed by atoms with Gasteiger partial charge in [-0.25, -0.2) is 0 Å². The first-order valence-corrected chi connectivity index (χ1v) is 7.19. The molecule has 2 rings (SSSR count). The molecule has 0 unspecified atom stereocenters. The minimum Gasteiger partial charge on any atom is -0.493 e. The Bertz CT molecular complexity index is 436. The predicted octanol–water partition coefficient (Wildman–Crippen LogP) is 3.06. The number of carbonyl (C=O) groups excluding carboxylic acids is 1. The van der Waals surface area contributed by atoms with Crippen LogP contribution in [0, 0.1) is 6.92 Å². The van der Waals surface area contributed by atoms with Gasteiger partial charge in [0.25, 0.3) is 0 Å². The molecule has 0 saturated carbocycles. The number of aryl methyl sites for hydroxylation is 1. The largest absolute Gasteiger partial charge is 0.493 e. The molecule has 0 aliphatic carbocycles. The number of ether oxygens (including phenoxy) is 1. The molecule has 19 heavy (non-hydrogen) atoms. The van der Waals surface area contributed by atoms with Crippen LogP contribution >= 0.6 is 0 Å². The molecule has 1 aromatic rings. The van der Waals surface area contributed by atoms with Crippen molar-refractivity contribution in [2.45, 2.75) is 33.1 Å². The van der Waals surface area contributed by atoms with Crippen LogP contribution in [-0.2, 0) is 0 Å². The molecule has 0 atom stereocenters. The van der Waals surface area contributed by atoms with E-state index in [0.29, 0.717) is 13.0 Å². The molecule has 3 heteroatoms. The van der Waals surface area contributed by atoms with Gasteiger partial charge in [-0.15, -0.1) is 0 Å². The van der Waals surface area contributed by atoms with Gasteiger partial charge in [0, 0.05) is 13.0 Å². The fourth-order valence-corrected chi connectivity index (χ4v) is 2.54. The molecule has 0 amide bonds. The van der Waals surface area contributed by atoms with Crippen molar-refractivity contribution in [3.05, 3.63) is 29.3 Å². The molecule has 1 saturated heterocycles. The number of benzene rings is 1. The van der Waals surface area contributed by atoms with Crippen LogP contribution in [0.5, 0.6) is 5.75 Å². The number of likely N-dealkylation sites (tertiary alicyclic amines) is 1. The Hall–Kier alpha value is -1.35. The van der Waals surface area contributed by atoms with Crippen LogP contribution in [0.4, 0.5) is 0 Å². The van der Waals surface area contributed by atoms with Crippen molar-refractivity contribution in [1.29, 1.82) is 0 Å². The number of nitrogens with zero attached hydrogens (tertiary/aromatic N) is 1. The second-order valence-electron chi connectivity index (χ2n) is 5.15. The van der Waals surface area contributed by atoms with E-state index in [1.165, 1.54) is 12.8 Å². The highest BCUT2D eigenvalue weighted by Crippen LogP contribution is 2.22. The van der Waals surface area contributed by atoms with Gasteiger partial charge < -0.3 is 9.64 Å². The number of Topliss-reactive ketones (excluding diaryl/α,β-unsaturated/α-hetero) is 1. The van der Waals surface area contributed by atoms with Crippen LogP contribution in [0.25, 0.3) is 0 Å². The van der Waals surface area contributed by atoms with Crippen molar-refractivity contribution in [3.63, 3.8) is 0 Å². The van der Waals surface area contributed by atoms with Gasteiger partial charge in [-0.2, -0.15) is 0 Å². The first-order chi connectivity index (χ1) is 9.20. The fraction of sp³-hybridized carbons (Fsp3) is 0.562. The number of carbonyl (C=O) groups is 1. The third-order valence-electron chi connectivity index (χ3n) is 3.59. The van der Waals surface area contributed by atoms with Gasteiger partial charge in [-0.3, -0.25) is 4.79 Å². The maximum Gasteiger partial charge on any atom is 0.167 e. The average Bonchev–Trinajstić information content (AvgIpc) is 2.91. The number of ketones is 1. The summed E-state index contributed by atoms with van der Waals surface area (Å²) < 4.78 is 5.55. The second kappa shape index (κ2) is 6.71. The smallest absolute Gasteiger partial charge is 0.167 e. The Labute approximate surface area is 115 Å². The number of hydrogen-bond acceptors (Lipinski definition) is 3. The van der Waals surface area contributed by atoms with E-state index in [4.69, 9.17) is 4.74 Å². The van der Waals surface area contributed by atoms with Gasteiger partial charge in [0.05, 0.1) is 12.2 Å². The summed E-state index contributed by atoms with van der Waals surface area (Å²) >= 11 is 0. The van der Waals surface area contributed by atoms with Gasteiger partial charge in [-0.1, -0.05) is 11.6 Å². The molecule has 104 valence electrons. The number of rotatable bonds is 6. The Morgan fingerprint density at radius 2 is 2.05 bits per heavy atom. The van der Waals surface area contributed by atoms with Crippen LogP contribution in [0.1, 0.15) is 42.1 Å². The van der Waals surface area contributed by atoms with Crippen molar-refractivity contribution in [2.24, 2.45) is 0 Å². The summed E-state index contributed by atoms with van der Waals surface area (Å²) in [4.78, 5) is 14.7. The van der Waals surface area contributed by atoms with Crippen LogP contribution in [0.15, 0.2) is 18.2 Å². The standard InChI is InChI=1S/C16H23NO2/c1-3-19-16-7-6-13(2)12-14(16)15(18)8-11-17-9-4-5-10-17/h6-7,12H,3-5,8-11H2,1-2H3. The summed E-state index contributed by atoms with van der Waals surface area (Å²) in [6.45, 7) is 7.69. The minimum atomic E-state index is 0.194. The van der Waals surface area contributed by atoms with Gasteiger partial charge >= 0.3 is 0 Å². The molecule has 0 aromatic heterocycles. The Kier molecular flexibility index (Phi) is 4.97. The lowest BCUT2D eigenvalue weighted by Gasteiger charge is -2.15. The van der Waals surface area contributed by atoms with Crippen molar-refractivity contribution in [3.8, 4) is 5.75 Å². The summed E-state index contributed by atoms with van der Waals surface area (Å²) in [5.74, 6) is 0.915. The van der Waals surface area contributed by atoms with E-state index in [1.54, 1.807) is 0 Å². The van der Waals surface area contributed by atoms with Crippen LogP contribution in [0.2, 0.25) is 0 Å². The molecule has 3 nitrogen and oxygen atoms in total. The van der Waals surface area contributed by atoms with Crippen LogP contribution < -0.4 is 4.74 Å². The zero-order chi connectivity index (χ0) is 13.7. The first kappa shape index (κ1) is 14.1. The topological polar surface area (TPSA) is 29.5 Å². The van der Waals surface area contributed by atoms with E-state index < -0.39 is 0 Å². The summed E-state index contributed by atoms with van der Waals surface area (Å²) in [6.07, 6.45) is 3.12. The lowest BCUT2D eigenvalue weighted by molar-refractivity contribution is 0.0965. The van der Waals surface area contributed by atoms with Gasteiger partial charge in [-0.05, 0) is 51.9 Å². The molecule has 1 aliphatic rings. The SMILES string of the molecule is CCOc1ccc(C)cc1C(=O)CCN1CCCC1. The van der Waals surface area contributed by atoms with E-state index >= 15 is 0 Å². The predicted molar refractivity (Wildman–Crippen MR) is 77.0 cm³/mol. The van der Waals surface area contributed by atoms with Crippen LogP contribution in [0.3, 0.4) is 0 Å². The van der Waals surface area contributed by atoms with Gasteiger partial charge in [0.1, 0.15) is 5.75 Å². The molecule has 0 N–H and O–H groups in total. The maximum atomic E-state index is 12.3. The average molecular weight is 261 g/mol. The summed E-state index contributed by atoms with van der Waals surface area (Å²) in [6, 6.07) is 5.83. The monoisotopic (exact) mass is 261 g/mol. The highest BCUT2D eigenvalue weighted by Gasteiger charge is 2.16. The second-order valence-corrected chi connectivity index (χ2v) is 5.15. The molecule has 0 bridgehead atoms. The van der Waals surface area contributed by atoms with E-state index in [-0.39, 0.29) is 5.78 Å². The Morgan fingerprint density at radius 3 is 2.74 bits per heavy atom. The summed E-state index contributed by atoms with van der Waals surface area (Å²) in [7, 11) is 0. The van der Waals surface area contributed by atoms with Gasteiger partial charge in [0.2, 0.25) is 0 Å². The van der Waals surface area contributed by atoms with Crippen molar-refractivity contribution in [2.75, 3.05) is 26.2 Å². The molecule has 0 radical (unpaired) electrons. The molecule has 1 heterocycles. The van der Waals surface area contributed by atoms with Crippen molar-refractivity contribution in [1.82, 2.24) is 4.90 Å². The lowest BCUT2D eigenvalue weighted by atomic mass is 10.0. The van der Waals surface area contributed by atoms with E-state index in [2.05, 4.69) is 4.90 Å². The summed E-state index contributed by atoms with van der Waals surface area (Å²) in [5.41, 5.74) is 1.84. The van der Waals surface area contributed by atoms with E-state index in [9.17, 15) is 4.79 Å². The molecule has 1 aromatic carbocycles. The number of hydrogen-bond donors (Lipinski definition) is 0. The first-order valence-electron chi connectivity index (χ1n) is 7.19. The highest BCUT2D eigenvalue weighted by atomic mass is 16.5. The molecule has 0 spiro atoms. The molecular formula is C16H23NO2. The van der Waals surface area contributed by atoms with Crippen molar-refractivity contribution >= 4 is 5.78 Å². The van der Waals surface area contributed by atoms with Gasteiger partial charge in [0.15, 0.2) is 5.78 Å². The maximum absolute atomic E-state index is 12.3. The van der Waals surface area contributed by atoms with E-state index in [1.807, 2.05) is 32.0 Å². The molecule has 1 fully saturated rings. The van der Waals surface area contributed by atoms with Crippen LogP contribution in [-0.4, -0.2) is 36.9 Å². The fourth-order valence-electron chi connectivity index (χ4n) is 2.54. The highest BCUT2D eigenvalue weighted by molar-refractivity contribution is 5.99. The quantitative estimate of drug-likeness (QED) is 0.737. The molecular weight excluding hydrogens is 238 g/mol.